The fraction of sp³-hybridized carbons (Fsp3) is 0.636. The summed E-state index contributed by atoms with van der Waals surface area (Å²) in [4.78, 5) is 11.6. The lowest BCUT2D eigenvalue weighted by Crippen LogP contribution is -2.26. The zero-order chi connectivity index (χ0) is 11.4. The molecule has 96 valence electrons. The number of hydrogen-bond donors (Lipinski definition) is 2. The minimum absolute atomic E-state index is 0. The fourth-order valence-corrected chi connectivity index (χ4v) is 1.51. The number of rotatable bonds is 6. The van der Waals surface area contributed by atoms with Crippen LogP contribution in [0.1, 0.15) is 41.4 Å². The summed E-state index contributed by atoms with van der Waals surface area (Å²) in [5.41, 5.74) is 0.395. The lowest BCUT2D eigenvalue weighted by molar-refractivity contribution is 0.0944. The second kappa shape index (κ2) is 6.61. The Morgan fingerprint density at radius 3 is 2.94 bits per heavy atom. The van der Waals surface area contributed by atoms with Crippen LogP contribution in [-0.2, 0) is 0 Å². The first-order valence-electron chi connectivity index (χ1n) is 5.70. The molecule has 2 rings (SSSR count). The van der Waals surface area contributed by atoms with Gasteiger partial charge in [0, 0.05) is 18.5 Å². The van der Waals surface area contributed by atoms with Crippen molar-refractivity contribution < 1.29 is 9.32 Å². The van der Waals surface area contributed by atoms with Gasteiger partial charge in [0.2, 0.25) is 0 Å². The Hall–Kier alpha value is -1.07. The summed E-state index contributed by atoms with van der Waals surface area (Å²) in [6.45, 7) is 1.55. The molecule has 1 aliphatic rings. The van der Waals surface area contributed by atoms with E-state index in [1.54, 1.807) is 6.07 Å². The normalized spacial score (nSPS) is 14.2. The quantitative estimate of drug-likeness (QED) is 0.756. The molecule has 0 spiro atoms. The van der Waals surface area contributed by atoms with E-state index in [1.165, 1.54) is 0 Å². The van der Waals surface area contributed by atoms with Crippen LogP contribution < -0.4 is 10.6 Å². The number of amides is 1. The number of nitrogens with zero attached hydrogens (tertiary/aromatic N) is 1. The van der Waals surface area contributed by atoms with Gasteiger partial charge in [-0.25, -0.2) is 0 Å². The van der Waals surface area contributed by atoms with E-state index in [2.05, 4.69) is 15.8 Å². The van der Waals surface area contributed by atoms with Crippen molar-refractivity contribution in [3.05, 3.63) is 17.5 Å². The maximum absolute atomic E-state index is 11.6. The van der Waals surface area contributed by atoms with Crippen molar-refractivity contribution in [2.24, 2.45) is 0 Å². The summed E-state index contributed by atoms with van der Waals surface area (Å²) in [6.07, 6.45) is 3.21. The zero-order valence-electron chi connectivity index (χ0n) is 9.86. The number of halogens is 1. The van der Waals surface area contributed by atoms with Gasteiger partial charge in [0.25, 0.3) is 5.91 Å². The Balaban J connectivity index is 0.00000144. The number of carbonyl (C=O) groups is 1. The molecule has 1 amide bonds. The third kappa shape index (κ3) is 4.02. The first kappa shape index (κ1) is 14.0. The van der Waals surface area contributed by atoms with Crippen LogP contribution in [0.5, 0.6) is 0 Å². The highest BCUT2D eigenvalue weighted by atomic mass is 35.5. The molecule has 0 bridgehead atoms. The monoisotopic (exact) mass is 259 g/mol. The molecule has 1 aliphatic carbocycles. The Labute approximate surface area is 107 Å². The predicted molar refractivity (Wildman–Crippen MR) is 66.6 cm³/mol. The van der Waals surface area contributed by atoms with E-state index in [0.717, 1.165) is 31.6 Å². The van der Waals surface area contributed by atoms with E-state index in [0.29, 0.717) is 18.2 Å². The highest BCUT2D eigenvalue weighted by Crippen LogP contribution is 2.40. The molecule has 2 N–H and O–H groups in total. The van der Waals surface area contributed by atoms with E-state index < -0.39 is 0 Å². The molecule has 1 saturated carbocycles. The van der Waals surface area contributed by atoms with E-state index in [9.17, 15) is 4.79 Å². The summed E-state index contributed by atoms with van der Waals surface area (Å²) in [5, 5.41) is 9.60. The van der Waals surface area contributed by atoms with Crippen LogP contribution in [0.4, 0.5) is 0 Å². The van der Waals surface area contributed by atoms with Crippen LogP contribution in [-0.4, -0.2) is 31.2 Å². The van der Waals surface area contributed by atoms with Crippen molar-refractivity contribution in [2.45, 2.75) is 25.2 Å². The fourth-order valence-electron chi connectivity index (χ4n) is 1.51. The van der Waals surface area contributed by atoms with Crippen molar-refractivity contribution >= 4 is 18.3 Å². The Morgan fingerprint density at radius 2 is 2.29 bits per heavy atom. The molecule has 1 aromatic heterocycles. The van der Waals surface area contributed by atoms with Gasteiger partial charge in [-0.15, -0.1) is 12.4 Å². The van der Waals surface area contributed by atoms with Crippen LogP contribution in [0.15, 0.2) is 10.6 Å². The molecule has 1 fully saturated rings. The summed E-state index contributed by atoms with van der Waals surface area (Å²) >= 11 is 0. The summed E-state index contributed by atoms with van der Waals surface area (Å²) in [6, 6.07) is 1.76. The first-order valence-corrected chi connectivity index (χ1v) is 5.70. The first-order chi connectivity index (χ1) is 7.81. The third-order valence-corrected chi connectivity index (χ3v) is 2.63. The number of hydrogen-bond acceptors (Lipinski definition) is 4. The molecule has 0 radical (unpaired) electrons. The van der Waals surface area contributed by atoms with Crippen molar-refractivity contribution in [3.8, 4) is 0 Å². The SMILES string of the molecule is CNCCCNC(=O)c1cc(C2CC2)on1.Cl. The minimum atomic E-state index is -0.147. The van der Waals surface area contributed by atoms with Crippen LogP contribution in [0, 0.1) is 0 Å². The van der Waals surface area contributed by atoms with Gasteiger partial charge >= 0.3 is 0 Å². The molecule has 0 aliphatic heterocycles. The van der Waals surface area contributed by atoms with Crippen molar-refractivity contribution in [1.82, 2.24) is 15.8 Å². The van der Waals surface area contributed by atoms with Gasteiger partial charge in [-0.05, 0) is 32.9 Å². The highest BCUT2D eigenvalue weighted by Gasteiger charge is 2.28. The van der Waals surface area contributed by atoms with Crippen LogP contribution in [0.3, 0.4) is 0 Å². The van der Waals surface area contributed by atoms with E-state index >= 15 is 0 Å². The average molecular weight is 260 g/mol. The number of carbonyl (C=O) groups excluding carboxylic acids is 1. The van der Waals surface area contributed by atoms with Gasteiger partial charge in [-0.1, -0.05) is 5.16 Å². The molecular formula is C11H18ClN3O2. The second-order valence-electron chi connectivity index (χ2n) is 4.10. The van der Waals surface area contributed by atoms with Gasteiger partial charge in [-0.3, -0.25) is 4.79 Å². The lowest BCUT2D eigenvalue weighted by atomic mass is 10.3. The highest BCUT2D eigenvalue weighted by molar-refractivity contribution is 5.92. The summed E-state index contributed by atoms with van der Waals surface area (Å²) < 4.78 is 5.11. The van der Waals surface area contributed by atoms with Gasteiger partial charge in [0.15, 0.2) is 5.69 Å². The van der Waals surface area contributed by atoms with E-state index in [4.69, 9.17) is 4.52 Å². The number of nitrogens with one attached hydrogen (secondary N) is 2. The predicted octanol–water partition coefficient (Wildman–Crippen LogP) is 1.31. The van der Waals surface area contributed by atoms with Crippen molar-refractivity contribution in [3.63, 3.8) is 0 Å². The van der Waals surface area contributed by atoms with Crippen molar-refractivity contribution in [1.29, 1.82) is 0 Å². The molecular weight excluding hydrogens is 242 g/mol. The van der Waals surface area contributed by atoms with Crippen molar-refractivity contribution in [2.75, 3.05) is 20.1 Å². The third-order valence-electron chi connectivity index (χ3n) is 2.63. The maximum atomic E-state index is 11.6. The maximum Gasteiger partial charge on any atom is 0.273 e. The topological polar surface area (TPSA) is 67.2 Å². The van der Waals surface area contributed by atoms with Crippen LogP contribution in [0.2, 0.25) is 0 Å². The molecule has 5 nitrogen and oxygen atoms in total. The van der Waals surface area contributed by atoms with Gasteiger partial charge in [-0.2, -0.15) is 0 Å². The standard InChI is InChI=1S/C11H17N3O2.ClH/c1-12-5-2-6-13-11(15)9-7-10(16-14-9)8-3-4-8;/h7-8,12H,2-6H2,1H3,(H,13,15);1H. The van der Waals surface area contributed by atoms with Crippen LogP contribution in [0.25, 0.3) is 0 Å². The van der Waals surface area contributed by atoms with E-state index in [1.807, 2.05) is 7.05 Å². The van der Waals surface area contributed by atoms with Crippen LogP contribution >= 0.6 is 12.4 Å². The second-order valence-corrected chi connectivity index (χ2v) is 4.10. The summed E-state index contributed by atoms with van der Waals surface area (Å²) in [5.74, 6) is 1.20. The van der Waals surface area contributed by atoms with Gasteiger partial charge < -0.3 is 15.2 Å². The lowest BCUT2D eigenvalue weighted by Gasteiger charge is -2.01. The molecule has 17 heavy (non-hydrogen) atoms. The van der Waals surface area contributed by atoms with E-state index in [-0.39, 0.29) is 18.3 Å². The molecule has 6 heteroatoms. The molecule has 0 atom stereocenters. The Bertz CT molecular complexity index is 363. The minimum Gasteiger partial charge on any atom is -0.360 e. The molecule has 1 aromatic rings. The molecule has 0 unspecified atom stereocenters. The van der Waals surface area contributed by atoms with Gasteiger partial charge in [0.1, 0.15) is 5.76 Å². The largest absolute Gasteiger partial charge is 0.360 e. The smallest absolute Gasteiger partial charge is 0.273 e. The average Bonchev–Trinajstić information content (AvgIpc) is 3.02. The summed E-state index contributed by atoms with van der Waals surface area (Å²) in [7, 11) is 1.89. The zero-order valence-corrected chi connectivity index (χ0v) is 10.7. The molecule has 0 saturated heterocycles. The number of aromatic nitrogens is 1. The molecule has 0 aromatic carbocycles. The molecule has 1 heterocycles. The Kier molecular flexibility index (Phi) is 5.44. The Morgan fingerprint density at radius 1 is 1.53 bits per heavy atom. The van der Waals surface area contributed by atoms with Gasteiger partial charge in [0.05, 0.1) is 0 Å².